The first-order chi connectivity index (χ1) is 22.3. The highest BCUT2D eigenvalue weighted by atomic mass is 16.6. The number of nitrogens with one attached hydrogen (secondary N) is 3. The van der Waals surface area contributed by atoms with E-state index in [1.807, 2.05) is 6.07 Å². The minimum absolute atomic E-state index is 0.259. The summed E-state index contributed by atoms with van der Waals surface area (Å²) >= 11 is 0. The van der Waals surface area contributed by atoms with Crippen molar-refractivity contribution in [2.45, 2.75) is 110 Å². The van der Waals surface area contributed by atoms with Gasteiger partial charge in [0.25, 0.3) is 0 Å². The highest BCUT2D eigenvalue weighted by molar-refractivity contribution is 5.96. The first-order valence-electron chi connectivity index (χ1n) is 17.0. The Morgan fingerprint density at radius 3 is 2.23 bits per heavy atom. The average Bonchev–Trinajstić information content (AvgIpc) is 3.02. The minimum atomic E-state index is -0.955. The number of unbranched alkanes of at least 4 members (excludes halogenated alkanes) is 1. The summed E-state index contributed by atoms with van der Waals surface area (Å²) in [7, 11) is 0. The van der Waals surface area contributed by atoms with Gasteiger partial charge in [0.15, 0.2) is 12.4 Å². The van der Waals surface area contributed by atoms with Gasteiger partial charge in [-0.1, -0.05) is 50.3 Å². The van der Waals surface area contributed by atoms with Gasteiger partial charge >= 0.3 is 18.1 Å². The van der Waals surface area contributed by atoms with Gasteiger partial charge in [-0.2, -0.15) is 0 Å². The third kappa shape index (κ3) is 13.2. The summed E-state index contributed by atoms with van der Waals surface area (Å²) < 4.78 is 16.1. The molecule has 12 nitrogen and oxygen atoms in total. The quantitative estimate of drug-likeness (QED) is 0.194. The molecule has 2 aliphatic rings. The SMILES string of the molecule is Cc1cccc(C)c1C(=O)OCC(=O)[C@H](CCCCNC(=O)OC(C)(C)C)NC(=O)[C@H](CC1CCCCC1)NC(=O)N1CCOCC1. The van der Waals surface area contributed by atoms with Crippen molar-refractivity contribution in [3.05, 3.63) is 34.9 Å². The molecule has 262 valence electrons. The highest BCUT2D eigenvalue weighted by Crippen LogP contribution is 2.27. The van der Waals surface area contributed by atoms with E-state index in [4.69, 9.17) is 14.2 Å². The van der Waals surface area contributed by atoms with Crippen LogP contribution in [0.15, 0.2) is 18.2 Å². The number of hydrogen-bond acceptors (Lipinski definition) is 8. The van der Waals surface area contributed by atoms with Crippen LogP contribution in [0.25, 0.3) is 0 Å². The lowest BCUT2D eigenvalue weighted by Crippen LogP contribution is -2.56. The Morgan fingerprint density at radius 1 is 0.936 bits per heavy atom. The number of ketones is 1. The monoisotopic (exact) mass is 658 g/mol. The van der Waals surface area contributed by atoms with E-state index in [1.165, 1.54) is 0 Å². The molecule has 0 bridgehead atoms. The number of amides is 4. The molecule has 1 aliphatic carbocycles. The smallest absolute Gasteiger partial charge is 0.407 e. The summed E-state index contributed by atoms with van der Waals surface area (Å²) in [5.41, 5.74) is 1.27. The Bertz CT molecular complexity index is 1200. The van der Waals surface area contributed by atoms with E-state index in [-0.39, 0.29) is 18.4 Å². The summed E-state index contributed by atoms with van der Waals surface area (Å²) in [5, 5.41) is 8.52. The van der Waals surface area contributed by atoms with Crippen LogP contribution >= 0.6 is 0 Å². The van der Waals surface area contributed by atoms with Gasteiger partial charge in [-0.15, -0.1) is 0 Å². The fourth-order valence-electron chi connectivity index (χ4n) is 6.00. The van der Waals surface area contributed by atoms with Crippen LogP contribution in [-0.2, 0) is 23.8 Å². The van der Waals surface area contributed by atoms with Crippen LogP contribution in [-0.4, -0.2) is 91.8 Å². The number of carbonyl (C=O) groups excluding carboxylic acids is 5. The van der Waals surface area contributed by atoms with Gasteiger partial charge in [-0.3, -0.25) is 9.59 Å². The Balaban J connectivity index is 1.68. The van der Waals surface area contributed by atoms with Gasteiger partial charge < -0.3 is 35.1 Å². The number of urea groups is 1. The molecule has 2 fully saturated rings. The van der Waals surface area contributed by atoms with Crippen molar-refractivity contribution in [1.82, 2.24) is 20.9 Å². The maximum Gasteiger partial charge on any atom is 0.407 e. The van der Waals surface area contributed by atoms with E-state index in [0.717, 1.165) is 43.2 Å². The molecule has 47 heavy (non-hydrogen) atoms. The van der Waals surface area contributed by atoms with Crippen molar-refractivity contribution in [3.8, 4) is 0 Å². The van der Waals surface area contributed by atoms with Crippen LogP contribution in [0.3, 0.4) is 0 Å². The van der Waals surface area contributed by atoms with Gasteiger partial charge in [0, 0.05) is 19.6 Å². The van der Waals surface area contributed by atoms with Gasteiger partial charge in [-0.05, 0) is 77.3 Å². The van der Waals surface area contributed by atoms with Crippen molar-refractivity contribution in [2.75, 3.05) is 39.5 Å². The number of esters is 1. The fraction of sp³-hybridized carbons (Fsp3) is 0.686. The molecule has 1 aromatic carbocycles. The largest absolute Gasteiger partial charge is 0.454 e. The van der Waals surface area contributed by atoms with Crippen LogP contribution in [0.4, 0.5) is 9.59 Å². The van der Waals surface area contributed by atoms with E-state index < -0.39 is 48.0 Å². The number of nitrogens with zero attached hydrogens (tertiary/aromatic N) is 1. The second kappa shape index (κ2) is 18.6. The average molecular weight is 659 g/mol. The van der Waals surface area contributed by atoms with E-state index in [9.17, 15) is 24.0 Å². The van der Waals surface area contributed by atoms with E-state index in [2.05, 4.69) is 16.0 Å². The summed E-state index contributed by atoms with van der Waals surface area (Å²) in [6.45, 7) is 10.5. The molecule has 0 unspecified atom stereocenters. The Kier molecular flexibility index (Phi) is 15.0. The first kappa shape index (κ1) is 37.8. The van der Waals surface area contributed by atoms with E-state index in [1.54, 1.807) is 51.7 Å². The molecule has 3 N–H and O–H groups in total. The van der Waals surface area contributed by atoms with Crippen molar-refractivity contribution < 1.29 is 38.2 Å². The maximum absolute atomic E-state index is 13.8. The summed E-state index contributed by atoms with van der Waals surface area (Å²) in [5.74, 6) is -1.21. The number of morpholine rings is 1. The Hall–Kier alpha value is -3.67. The molecule has 1 saturated heterocycles. The molecule has 12 heteroatoms. The molecule has 3 rings (SSSR count). The maximum atomic E-state index is 13.8. The zero-order valence-electron chi connectivity index (χ0n) is 28.8. The molecule has 0 radical (unpaired) electrons. The molecule has 1 saturated carbocycles. The number of rotatable bonds is 14. The lowest BCUT2D eigenvalue weighted by atomic mass is 9.84. The predicted molar refractivity (Wildman–Crippen MR) is 177 cm³/mol. The van der Waals surface area contributed by atoms with E-state index in [0.29, 0.717) is 57.7 Å². The number of benzene rings is 1. The molecular weight excluding hydrogens is 604 g/mol. The molecule has 1 aliphatic heterocycles. The van der Waals surface area contributed by atoms with Gasteiger partial charge in [-0.25, -0.2) is 14.4 Å². The number of Topliss-reactive ketones (excluding diaryl/α,β-unsaturated/α-hetero) is 1. The first-order valence-corrected chi connectivity index (χ1v) is 17.0. The van der Waals surface area contributed by atoms with E-state index >= 15 is 0 Å². The molecular formula is C35H54N4O8. The number of aryl methyl sites for hydroxylation is 2. The van der Waals surface area contributed by atoms with Crippen molar-refractivity contribution in [2.24, 2.45) is 5.92 Å². The minimum Gasteiger partial charge on any atom is -0.454 e. The molecule has 4 amide bonds. The number of alkyl carbamates (subject to hydrolysis) is 1. The number of hydrogen-bond donors (Lipinski definition) is 3. The van der Waals surface area contributed by atoms with Crippen LogP contribution in [0.5, 0.6) is 0 Å². The van der Waals surface area contributed by atoms with Gasteiger partial charge in [0.05, 0.1) is 24.8 Å². The van der Waals surface area contributed by atoms with Gasteiger partial charge in [0.2, 0.25) is 5.91 Å². The predicted octanol–water partition coefficient (Wildman–Crippen LogP) is 4.59. The third-order valence-electron chi connectivity index (χ3n) is 8.53. The van der Waals surface area contributed by atoms with Crippen molar-refractivity contribution >= 4 is 29.8 Å². The highest BCUT2D eigenvalue weighted by Gasteiger charge is 2.31. The van der Waals surface area contributed by atoms with Crippen LogP contribution < -0.4 is 16.0 Å². The molecule has 2 atom stereocenters. The Labute approximate surface area is 279 Å². The second-order valence-electron chi connectivity index (χ2n) is 13.6. The zero-order chi connectivity index (χ0) is 34.4. The summed E-state index contributed by atoms with van der Waals surface area (Å²) in [4.78, 5) is 67.0. The summed E-state index contributed by atoms with van der Waals surface area (Å²) in [6.07, 6.45) is 6.52. The molecule has 0 aromatic heterocycles. The van der Waals surface area contributed by atoms with Crippen molar-refractivity contribution in [3.63, 3.8) is 0 Å². The third-order valence-corrected chi connectivity index (χ3v) is 8.53. The van der Waals surface area contributed by atoms with Crippen LogP contribution in [0, 0.1) is 19.8 Å². The molecule has 1 aromatic rings. The lowest BCUT2D eigenvalue weighted by Gasteiger charge is -2.31. The second-order valence-corrected chi connectivity index (χ2v) is 13.6. The van der Waals surface area contributed by atoms with Gasteiger partial charge in [0.1, 0.15) is 11.6 Å². The van der Waals surface area contributed by atoms with Crippen LogP contribution in [0.1, 0.15) is 100 Å². The standard InChI is InChI=1S/C35H54N4O8/c1-24-12-11-13-25(2)30(24)32(42)46-23-29(40)27(16-9-10-17-36-34(44)47-35(3,4)5)37-31(41)28(22-26-14-7-6-8-15-26)38-33(43)39-18-20-45-21-19-39/h11-13,26-28H,6-10,14-23H2,1-5H3,(H,36,44)(H,37,41)(H,38,43)/t27-,28-/m0/s1. The summed E-state index contributed by atoms with van der Waals surface area (Å²) in [6, 6.07) is 3.34. The van der Waals surface area contributed by atoms with Crippen molar-refractivity contribution in [1.29, 1.82) is 0 Å². The molecule has 0 spiro atoms. The fourth-order valence-corrected chi connectivity index (χ4v) is 6.00. The number of carbonyl (C=O) groups is 5. The number of ether oxygens (including phenoxy) is 3. The molecule has 1 heterocycles. The Morgan fingerprint density at radius 2 is 1.60 bits per heavy atom. The topological polar surface area (TPSA) is 152 Å². The lowest BCUT2D eigenvalue weighted by molar-refractivity contribution is -0.130. The zero-order valence-corrected chi connectivity index (χ0v) is 28.8. The normalized spacial score (nSPS) is 16.8. The van der Waals surface area contributed by atoms with Crippen LogP contribution in [0.2, 0.25) is 0 Å².